The lowest BCUT2D eigenvalue weighted by molar-refractivity contribution is 1.07. The van der Waals surface area contributed by atoms with Gasteiger partial charge in [0.2, 0.25) is 0 Å². The molecule has 2 N–H and O–H groups in total. The molecule has 0 aliphatic heterocycles. The summed E-state index contributed by atoms with van der Waals surface area (Å²) in [5.41, 5.74) is 8.84. The van der Waals surface area contributed by atoms with Gasteiger partial charge in [-0.3, -0.25) is 0 Å². The first-order valence-electron chi connectivity index (χ1n) is 4.96. The normalized spacial score (nSPS) is 9.82. The van der Waals surface area contributed by atoms with Gasteiger partial charge in [-0.15, -0.1) is 12.4 Å². The van der Waals surface area contributed by atoms with Crippen molar-refractivity contribution in [2.75, 3.05) is 0 Å². The Morgan fingerprint density at radius 1 is 1.12 bits per heavy atom. The summed E-state index contributed by atoms with van der Waals surface area (Å²) in [5.74, 6) is 0. The third-order valence-electron chi connectivity index (χ3n) is 2.43. The van der Waals surface area contributed by atoms with Crippen molar-refractivity contribution in [2.24, 2.45) is 5.73 Å². The molecule has 2 aromatic carbocycles. The molecule has 0 aromatic heterocycles. The van der Waals surface area contributed by atoms with E-state index in [-0.39, 0.29) is 12.4 Å². The second-order valence-corrected chi connectivity index (χ2v) is 4.74. The van der Waals surface area contributed by atoms with Gasteiger partial charge >= 0.3 is 0 Å². The molecule has 0 fully saturated rings. The van der Waals surface area contributed by atoms with E-state index in [1.54, 1.807) is 0 Å². The molecule has 0 saturated carbocycles. The minimum Gasteiger partial charge on any atom is -0.326 e. The van der Waals surface area contributed by atoms with Crippen LogP contribution in [0.25, 0.3) is 11.1 Å². The van der Waals surface area contributed by atoms with E-state index in [0.29, 0.717) is 6.54 Å². The highest BCUT2D eigenvalue weighted by molar-refractivity contribution is 9.10. The van der Waals surface area contributed by atoms with Crippen molar-refractivity contribution in [3.8, 4) is 11.1 Å². The summed E-state index contributed by atoms with van der Waals surface area (Å²) in [5, 5.41) is 0.733. The van der Waals surface area contributed by atoms with E-state index in [4.69, 9.17) is 17.3 Å². The monoisotopic (exact) mass is 331 g/mol. The van der Waals surface area contributed by atoms with Gasteiger partial charge in [-0.05, 0) is 39.2 Å². The van der Waals surface area contributed by atoms with Gasteiger partial charge in [-0.25, -0.2) is 0 Å². The first-order valence-corrected chi connectivity index (χ1v) is 6.13. The van der Waals surface area contributed by atoms with Crippen molar-refractivity contribution < 1.29 is 0 Å². The number of benzene rings is 2. The lowest BCUT2D eigenvalue weighted by Crippen LogP contribution is -1.95. The van der Waals surface area contributed by atoms with Crippen molar-refractivity contribution in [1.82, 2.24) is 0 Å². The topological polar surface area (TPSA) is 26.0 Å². The quantitative estimate of drug-likeness (QED) is 0.851. The van der Waals surface area contributed by atoms with Crippen LogP contribution in [0.2, 0.25) is 5.02 Å². The van der Waals surface area contributed by atoms with Gasteiger partial charge in [0.25, 0.3) is 0 Å². The summed E-state index contributed by atoms with van der Waals surface area (Å²) in [6.45, 7) is 0.541. The highest BCUT2D eigenvalue weighted by Gasteiger charge is 2.06. The van der Waals surface area contributed by atoms with Gasteiger partial charge in [0, 0.05) is 16.6 Å². The molecule has 2 aromatic rings. The molecule has 0 radical (unpaired) electrons. The molecule has 0 saturated heterocycles. The first kappa shape index (κ1) is 14.5. The molecule has 0 bridgehead atoms. The molecule has 0 atom stereocenters. The number of hydrogen-bond donors (Lipinski definition) is 1. The van der Waals surface area contributed by atoms with Crippen LogP contribution in [0.1, 0.15) is 5.56 Å². The number of rotatable bonds is 2. The molecule has 4 heteroatoms. The Bertz CT molecular complexity index is 515. The van der Waals surface area contributed by atoms with Crippen LogP contribution in [-0.2, 0) is 6.54 Å². The van der Waals surface area contributed by atoms with Crippen molar-refractivity contribution in [1.29, 1.82) is 0 Å². The Morgan fingerprint density at radius 3 is 2.53 bits per heavy atom. The van der Waals surface area contributed by atoms with Gasteiger partial charge in [0.05, 0.1) is 5.02 Å². The number of halogens is 3. The molecule has 0 unspecified atom stereocenters. The molecule has 0 spiro atoms. The molecule has 1 nitrogen and oxygen atoms in total. The zero-order chi connectivity index (χ0) is 11.5. The van der Waals surface area contributed by atoms with Crippen molar-refractivity contribution >= 4 is 39.9 Å². The van der Waals surface area contributed by atoms with Crippen LogP contribution in [-0.4, -0.2) is 0 Å². The first-order chi connectivity index (χ1) is 7.72. The van der Waals surface area contributed by atoms with Crippen LogP contribution in [0.4, 0.5) is 0 Å². The Morgan fingerprint density at radius 2 is 1.82 bits per heavy atom. The third-order valence-corrected chi connectivity index (χ3v) is 3.72. The summed E-state index contributed by atoms with van der Waals surface area (Å²) in [6, 6.07) is 14.0. The molecule has 0 heterocycles. The van der Waals surface area contributed by atoms with E-state index < -0.39 is 0 Å². The van der Waals surface area contributed by atoms with Crippen molar-refractivity contribution in [3.05, 3.63) is 57.5 Å². The Kier molecular flexibility index (Phi) is 5.47. The maximum atomic E-state index is 6.25. The summed E-state index contributed by atoms with van der Waals surface area (Å²) in [7, 11) is 0. The summed E-state index contributed by atoms with van der Waals surface area (Å²) < 4.78 is 0.907. The fraction of sp³-hybridized carbons (Fsp3) is 0.0769. The summed E-state index contributed by atoms with van der Waals surface area (Å²) in [6.07, 6.45) is 0. The highest BCUT2D eigenvalue weighted by atomic mass is 79.9. The minimum absolute atomic E-state index is 0. The zero-order valence-electron chi connectivity index (χ0n) is 8.99. The van der Waals surface area contributed by atoms with E-state index >= 15 is 0 Å². The van der Waals surface area contributed by atoms with Crippen LogP contribution in [0.3, 0.4) is 0 Å². The van der Waals surface area contributed by atoms with Crippen LogP contribution in [0.5, 0.6) is 0 Å². The molecule has 0 aliphatic carbocycles. The Balaban J connectivity index is 0.00000144. The van der Waals surface area contributed by atoms with Gasteiger partial charge in [0.15, 0.2) is 0 Å². The van der Waals surface area contributed by atoms with Crippen LogP contribution < -0.4 is 5.73 Å². The van der Waals surface area contributed by atoms with Crippen LogP contribution >= 0.6 is 39.9 Å². The van der Waals surface area contributed by atoms with Crippen LogP contribution in [0.15, 0.2) is 46.9 Å². The van der Waals surface area contributed by atoms with Crippen LogP contribution in [0, 0.1) is 0 Å². The molecule has 17 heavy (non-hydrogen) atoms. The maximum Gasteiger partial charge on any atom is 0.0626 e. The highest BCUT2D eigenvalue weighted by Crippen LogP contribution is 2.33. The van der Waals surface area contributed by atoms with Crippen molar-refractivity contribution in [2.45, 2.75) is 6.54 Å². The van der Waals surface area contributed by atoms with Gasteiger partial charge < -0.3 is 5.73 Å². The Hall–Kier alpha value is -0.540. The predicted molar refractivity (Wildman–Crippen MR) is 79.7 cm³/mol. The molecule has 2 rings (SSSR count). The van der Waals surface area contributed by atoms with E-state index in [1.165, 1.54) is 0 Å². The standard InChI is InChI=1S/C13H11BrClN.ClH/c14-12-6-2-5-11(13(12)15)10-4-1-3-9(7-10)8-16;/h1-7H,8,16H2;1H. The fourth-order valence-corrected chi connectivity index (χ4v) is 2.19. The maximum absolute atomic E-state index is 6.25. The second-order valence-electron chi connectivity index (χ2n) is 3.51. The SMILES string of the molecule is Cl.NCc1cccc(-c2cccc(Br)c2Cl)c1. The van der Waals surface area contributed by atoms with Gasteiger partial charge in [-0.1, -0.05) is 41.9 Å². The zero-order valence-corrected chi connectivity index (χ0v) is 12.1. The number of hydrogen-bond acceptors (Lipinski definition) is 1. The van der Waals surface area contributed by atoms with E-state index in [0.717, 1.165) is 26.2 Å². The summed E-state index contributed by atoms with van der Waals surface area (Å²) in [4.78, 5) is 0. The van der Waals surface area contributed by atoms with Gasteiger partial charge in [-0.2, -0.15) is 0 Å². The van der Waals surface area contributed by atoms with E-state index in [2.05, 4.69) is 22.0 Å². The average molecular weight is 333 g/mol. The molecular formula is C13H12BrCl2N. The average Bonchev–Trinajstić information content (AvgIpc) is 2.33. The van der Waals surface area contributed by atoms with E-state index in [1.807, 2.05) is 36.4 Å². The largest absolute Gasteiger partial charge is 0.326 e. The Labute approximate surface area is 121 Å². The van der Waals surface area contributed by atoms with E-state index in [9.17, 15) is 0 Å². The lowest BCUT2D eigenvalue weighted by atomic mass is 10.0. The minimum atomic E-state index is 0. The fourth-order valence-electron chi connectivity index (χ4n) is 1.59. The predicted octanol–water partition coefficient (Wildman–Crippen LogP) is 4.65. The summed E-state index contributed by atoms with van der Waals surface area (Å²) >= 11 is 9.67. The van der Waals surface area contributed by atoms with Crippen molar-refractivity contribution in [3.63, 3.8) is 0 Å². The lowest BCUT2D eigenvalue weighted by Gasteiger charge is -2.07. The molecular weight excluding hydrogens is 321 g/mol. The molecule has 0 amide bonds. The second kappa shape index (κ2) is 6.41. The smallest absolute Gasteiger partial charge is 0.0626 e. The third kappa shape index (κ3) is 3.23. The molecule has 0 aliphatic rings. The molecule has 90 valence electrons. The number of nitrogens with two attached hydrogens (primary N) is 1. The van der Waals surface area contributed by atoms with Gasteiger partial charge in [0.1, 0.15) is 0 Å².